The Labute approximate surface area is 232 Å². The van der Waals surface area contributed by atoms with Crippen molar-refractivity contribution in [2.45, 2.75) is 6.54 Å². The molecule has 3 aromatic carbocycles. The summed E-state index contributed by atoms with van der Waals surface area (Å²) in [4.78, 5) is 39.2. The molecule has 4 aromatic rings. The van der Waals surface area contributed by atoms with E-state index in [1.54, 1.807) is 18.2 Å². The van der Waals surface area contributed by atoms with Crippen LogP contribution in [-0.4, -0.2) is 46.5 Å². The fraction of sp³-hybridized carbons (Fsp3) is 0.138. The van der Waals surface area contributed by atoms with Crippen LogP contribution in [0, 0.1) is 5.82 Å². The molecule has 0 radical (unpaired) electrons. The Hall–Kier alpha value is -4.77. The molecule has 3 heterocycles. The zero-order valence-corrected chi connectivity index (χ0v) is 21.8. The standard InChI is InChI=1S/C29H22FN3O6S/c30-19-5-7-20(8-6-19)31-27(34)16-33-28(35)26(40-29(33)36)13-18-15-32(23-4-2-1-3-22(18)23)11-12-37-21-9-10-24-25(14-21)39-17-38-24/h1-10,13-15H,11-12,16-17H2,(H,31,34)/b26-13-. The van der Waals surface area contributed by atoms with Gasteiger partial charge >= 0.3 is 0 Å². The van der Waals surface area contributed by atoms with E-state index >= 15 is 0 Å². The molecule has 0 unspecified atom stereocenters. The molecular weight excluding hydrogens is 537 g/mol. The predicted octanol–water partition coefficient (Wildman–Crippen LogP) is 5.26. The number of nitrogens with zero attached hydrogens (tertiary/aromatic N) is 2. The van der Waals surface area contributed by atoms with Crippen molar-refractivity contribution in [2.24, 2.45) is 0 Å². The number of aromatic nitrogens is 1. The first-order valence-electron chi connectivity index (χ1n) is 12.4. The van der Waals surface area contributed by atoms with E-state index in [1.807, 2.05) is 41.1 Å². The summed E-state index contributed by atoms with van der Waals surface area (Å²) in [6.07, 6.45) is 3.57. The highest BCUT2D eigenvalue weighted by Crippen LogP contribution is 2.36. The molecule has 11 heteroatoms. The first-order valence-corrected chi connectivity index (χ1v) is 13.2. The van der Waals surface area contributed by atoms with Gasteiger partial charge in [0, 0.05) is 34.4 Å². The van der Waals surface area contributed by atoms with Crippen molar-refractivity contribution < 1.29 is 33.0 Å². The average molecular weight is 560 g/mol. The van der Waals surface area contributed by atoms with Crippen LogP contribution in [0.3, 0.4) is 0 Å². The smallest absolute Gasteiger partial charge is 0.294 e. The molecule has 1 fully saturated rings. The van der Waals surface area contributed by atoms with Gasteiger partial charge in [-0.25, -0.2) is 4.39 Å². The van der Waals surface area contributed by atoms with E-state index in [0.29, 0.717) is 36.1 Å². The van der Waals surface area contributed by atoms with Gasteiger partial charge in [0.2, 0.25) is 12.7 Å². The third kappa shape index (κ3) is 5.23. The number of rotatable bonds is 8. The molecule has 2 aliphatic rings. The molecule has 40 heavy (non-hydrogen) atoms. The normalized spacial score (nSPS) is 15.3. The molecule has 0 aliphatic carbocycles. The number of imide groups is 1. The number of nitrogens with one attached hydrogen (secondary N) is 1. The van der Waals surface area contributed by atoms with E-state index in [-0.39, 0.29) is 11.7 Å². The summed E-state index contributed by atoms with van der Waals surface area (Å²) >= 11 is 0.782. The third-order valence-electron chi connectivity index (χ3n) is 6.35. The fourth-order valence-electron chi connectivity index (χ4n) is 4.46. The second-order valence-electron chi connectivity index (χ2n) is 8.98. The number of carbonyl (C=O) groups is 3. The lowest BCUT2D eigenvalue weighted by Gasteiger charge is -2.12. The van der Waals surface area contributed by atoms with Gasteiger partial charge in [0.25, 0.3) is 11.1 Å². The zero-order valence-electron chi connectivity index (χ0n) is 21.0. The number of benzene rings is 3. The SMILES string of the molecule is O=C(CN1C(=O)S/C(=C\c2cn(CCOc3ccc4c(c3)OCO4)c3ccccc23)C1=O)Nc1ccc(F)cc1. The van der Waals surface area contributed by atoms with Crippen molar-refractivity contribution >= 4 is 51.5 Å². The van der Waals surface area contributed by atoms with Gasteiger partial charge in [0.15, 0.2) is 11.5 Å². The van der Waals surface area contributed by atoms with Crippen LogP contribution in [0.5, 0.6) is 17.2 Å². The molecule has 2 aliphatic heterocycles. The number of ether oxygens (including phenoxy) is 3. The van der Waals surface area contributed by atoms with Gasteiger partial charge in [-0.1, -0.05) is 18.2 Å². The number of hydrogen-bond acceptors (Lipinski definition) is 7. The molecule has 6 rings (SSSR count). The number of fused-ring (bicyclic) bond motifs is 2. The minimum absolute atomic E-state index is 0.194. The number of halogens is 1. The minimum Gasteiger partial charge on any atom is -0.492 e. The molecule has 202 valence electrons. The number of thioether (sulfide) groups is 1. The second kappa shape index (κ2) is 10.8. The molecule has 1 aromatic heterocycles. The number of carbonyl (C=O) groups excluding carboxylic acids is 3. The van der Waals surface area contributed by atoms with E-state index in [9.17, 15) is 18.8 Å². The van der Waals surface area contributed by atoms with Crippen LogP contribution >= 0.6 is 11.8 Å². The lowest BCUT2D eigenvalue weighted by Crippen LogP contribution is -2.36. The maximum atomic E-state index is 13.1. The predicted molar refractivity (Wildman–Crippen MR) is 148 cm³/mol. The van der Waals surface area contributed by atoms with Crippen LogP contribution < -0.4 is 19.5 Å². The van der Waals surface area contributed by atoms with Crippen LogP contribution in [-0.2, 0) is 16.1 Å². The first-order chi connectivity index (χ1) is 19.4. The summed E-state index contributed by atoms with van der Waals surface area (Å²) in [5.41, 5.74) is 2.07. The van der Waals surface area contributed by atoms with E-state index in [4.69, 9.17) is 14.2 Å². The van der Waals surface area contributed by atoms with Gasteiger partial charge in [0.05, 0.1) is 11.4 Å². The lowest BCUT2D eigenvalue weighted by molar-refractivity contribution is -0.127. The summed E-state index contributed by atoms with van der Waals surface area (Å²) in [5.74, 6) is 0.451. The highest BCUT2D eigenvalue weighted by atomic mass is 32.2. The molecule has 3 amide bonds. The van der Waals surface area contributed by atoms with Crippen LogP contribution in [0.15, 0.2) is 77.8 Å². The summed E-state index contributed by atoms with van der Waals surface area (Å²) in [6, 6.07) is 18.4. The van der Waals surface area contributed by atoms with Crippen molar-refractivity contribution in [2.75, 3.05) is 25.3 Å². The Balaban J connectivity index is 1.15. The molecule has 1 N–H and O–H groups in total. The average Bonchev–Trinajstić information content (AvgIpc) is 3.63. The molecule has 9 nitrogen and oxygen atoms in total. The molecule has 0 atom stereocenters. The lowest BCUT2D eigenvalue weighted by atomic mass is 10.1. The summed E-state index contributed by atoms with van der Waals surface area (Å²) in [5, 5.41) is 2.94. The highest BCUT2D eigenvalue weighted by Gasteiger charge is 2.36. The topological polar surface area (TPSA) is 99.1 Å². The van der Waals surface area contributed by atoms with Gasteiger partial charge in [-0.15, -0.1) is 0 Å². The Morgan fingerprint density at radius 1 is 1.05 bits per heavy atom. The summed E-state index contributed by atoms with van der Waals surface area (Å²) < 4.78 is 31.8. The molecule has 0 saturated carbocycles. The van der Waals surface area contributed by atoms with Crippen molar-refractivity contribution in [1.82, 2.24) is 9.47 Å². The van der Waals surface area contributed by atoms with Gasteiger partial charge < -0.3 is 24.1 Å². The number of para-hydroxylation sites is 1. The quantitative estimate of drug-likeness (QED) is 0.294. The van der Waals surface area contributed by atoms with Gasteiger partial charge in [0.1, 0.15) is 24.7 Å². The maximum absolute atomic E-state index is 13.1. The van der Waals surface area contributed by atoms with E-state index in [0.717, 1.165) is 33.1 Å². The molecular formula is C29H22FN3O6S. The Morgan fingerprint density at radius 3 is 2.70 bits per heavy atom. The molecule has 0 bridgehead atoms. The van der Waals surface area contributed by atoms with E-state index in [2.05, 4.69) is 5.32 Å². The largest absolute Gasteiger partial charge is 0.492 e. The fourth-order valence-corrected chi connectivity index (χ4v) is 5.29. The van der Waals surface area contributed by atoms with Gasteiger partial charge in [-0.2, -0.15) is 0 Å². The van der Waals surface area contributed by atoms with Crippen LogP contribution in [0.2, 0.25) is 0 Å². The van der Waals surface area contributed by atoms with Crippen LogP contribution in [0.1, 0.15) is 5.56 Å². The second-order valence-corrected chi connectivity index (χ2v) is 9.97. The number of hydrogen-bond donors (Lipinski definition) is 1. The zero-order chi connectivity index (χ0) is 27.6. The van der Waals surface area contributed by atoms with Crippen molar-refractivity contribution in [1.29, 1.82) is 0 Å². The van der Waals surface area contributed by atoms with Crippen molar-refractivity contribution in [3.63, 3.8) is 0 Å². The van der Waals surface area contributed by atoms with Crippen LogP contribution in [0.4, 0.5) is 14.9 Å². The van der Waals surface area contributed by atoms with Crippen LogP contribution in [0.25, 0.3) is 17.0 Å². The Bertz CT molecular complexity index is 1670. The van der Waals surface area contributed by atoms with Crippen molar-refractivity contribution in [3.8, 4) is 17.2 Å². The Kier molecular flexibility index (Phi) is 6.87. The maximum Gasteiger partial charge on any atom is 0.294 e. The van der Waals surface area contributed by atoms with E-state index in [1.165, 1.54) is 24.3 Å². The minimum atomic E-state index is -0.561. The first kappa shape index (κ1) is 25.5. The molecule has 0 spiro atoms. The number of anilines is 1. The summed E-state index contributed by atoms with van der Waals surface area (Å²) in [7, 11) is 0. The number of amides is 3. The Morgan fingerprint density at radius 2 is 1.85 bits per heavy atom. The van der Waals surface area contributed by atoms with Gasteiger partial charge in [-0.05, 0) is 60.3 Å². The summed E-state index contributed by atoms with van der Waals surface area (Å²) in [6.45, 7) is 0.670. The third-order valence-corrected chi connectivity index (χ3v) is 7.26. The monoisotopic (exact) mass is 559 g/mol. The molecule has 1 saturated heterocycles. The van der Waals surface area contributed by atoms with Crippen molar-refractivity contribution in [3.05, 3.63) is 89.2 Å². The van der Waals surface area contributed by atoms with E-state index < -0.39 is 29.4 Å². The van der Waals surface area contributed by atoms with Gasteiger partial charge in [-0.3, -0.25) is 19.3 Å². The highest BCUT2D eigenvalue weighted by molar-refractivity contribution is 8.18.